The van der Waals surface area contributed by atoms with Gasteiger partial charge in [0.15, 0.2) is 0 Å². The maximum Gasteiger partial charge on any atom is 0.332 e. The van der Waals surface area contributed by atoms with Gasteiger partial charge in [-0.2, -0.15) is 0 Å². The van der Waals surface area contributed by atoms with Gasteiger partial charge in [-0.25, -0.2) is 4.79 Å². The molecule has 1 heterocycles. The number of benzene rings is 2. The van der Waals surface area contributed by atoms with Crippen LogP contribution in [0.2, 0.25) is 10.0 Å². The second kappa shape index (κ2) is 8.67. The zero-order valence-electron chi connectivity index (χ0n) is 14.7. The lowest BCUT2D eigenvalue weighted by molar-refractivity contribution is -0.143. The SMILES string of the molecule is CCOC(=O)Cn1c(=O)n(Cc2ccc(I)c(Cl)c2)c(=O)c2ccc(Cl)cc21. The minimum absolute atomic E-state index is 0.0235. The van der Waals surface area contributed by atoms with Gasteiger partial charge in [0.1, 0.15) is 6.54 Å². The Labute approximate surface area is 183 Å². The van der Waals surface area contributed by atoms with Crippen LogP contribution in [-0.4, -0.2) is 21.7 Å². The largest absolute Gasteiger partial charge is 0.465 e. The number of fused-ring (bicyclic) bond motifs is 1. The van der Waals surface area contributed by atoms with Gasteiger partial charge in [0.25, 0.3) is 5.56 Å². The smallest absolute Gasteiger partial charge is 0.332 e. The molecule has 0 saturated carbocycles. The highest BCUT2D eigenvalue weighted by molar-refractivity contribution is 14.1. The second-order valence-corrected chi connectivity index (χ2v) is 7.98. The Hall–Kier alpha value is -1.84. The molecule has 9 heteroatoms. The second-order valence-electron chi connectivity index (χ2n) is 5.97. The number of carbonyl (C=O) groups excluding carboxylic acids is 1. The van der Waals surface area contributed by atoms with Crippen LogP contribution in [0.4, 0.5) is 0 Å². The Morgan fingerprint density at radius 2 is 1.86 bits per heavy atom. The van der Waals surface area contributed by atoms with Gasteiger partial charge in [0.05, 0.1) is 29.1 Å². The van der Waals surface area contributed by atoms with Crippen molar-refractivity contribution in [3.05, 3.63) is 76.4 Å². The Kier molecular flexibility index (Phi) is 6.47. The van der Waals surface area contributed by atoms with E-state index in [0.717, 1.165) is 8.14 Å². The average Bonchev–Trinajstić information content (AvgIpc) is 2.65. The van der Waals surface area contributed by atoms with E-state index >= 15 is 0 Å². The molecule has 0 aliphatic carbocycles. The number of nitrogens with zero attached hydrogens (tertiary/aromatic N) is 2. The minimum atomic E-state index is -0.623. The van der Waals surface area contributed by atoms with Crippen LogP contribution >= 0.6 is 45.8 Å². The standard InChI is InChI=1S/C19H15Cl2IN2O4/c1-2-28-17(25)10-23-16-8-12(20)4-5-13(16)18(26)24(19(23)27)9-11-3-6-15(22)14(21)7-11/h3-8H,2,9-10H2,1H3. The summed E-state index contributed by atoms with van der Waals surface area (Å²) in [4.78, 5) is 38.0. The molecule has 0 atom stereocenters. The van der Waals surface area contributed by atoms with Crippen molar-refractivity contribution in [1.82, 2.24) is 9.13 Å². The summed E-state index contributed by atoms with van der Waals surface area (Å²) in [6.07, 6.45) is 0. The van der Waals surface area contributed by atoms with E-state index < -0.39 is 17.2 Å². The van der Waals surface area contributed by atoms with Crippen molar-refractivity contribution in [1.29, 1.82) is 0 Å². The first-order chi connectivity index (χ1) is 13.3. The lowest BCUT2D eigenvalue weighted by Crippen LogP contribution is -2.41. The quantitative estimate of drug-likeness (QED) is 0.371. The van der Waals surface area contributed by atoms with Crippen LogP contribution in [0.25, 0.3) is 10.9 Å². The molecule has 0 radical (unpaired) electrons. The lowest BCUT2D eigenvalue weighted by Gasteiger charge is -2.14. The Bertz CT molecular complexity index is 1190. The molecule has 0 bridgehead atoms. The molecule has 0 aliphatic rings. The van der Waals surface area contributed by atoms with Gasteiger partial charge in [0.2, 0.25) is 0 Å². The van der Waals surface area contributed by atoms with Crippen molar-refractivity contribution >= 4 is 62.7 Å². The molecule has 0 fully saturated rings. The number of carbonyl (C=O) groups is 1. The van der Waals surface area contributed by atoms with Gasteiger partial charge in [-0.15, -0.1) is 0 Å². The van der Waals surface area contributed by atoms with Gasteiger partial charge >= 0.3 is 11.7 Å². The number of hydrogen-bond acceptors (Lipinski definition) is 4. The van der Waals surface area contributed by atoms with E-state index in [1.807, 2.05) is 0 Å². The number of rotatable bonds is 5. The topological polar surface area (TPSA) is 70.3 Å². The summed E-state index contributed by atoms with van der Waals surface area (Å²) in [5, 5.41) is 1.17. The molecule has 0 aliphatic heterocycles. The van der Waals surface area contributed by atoms with Crippen LogP contribution in [-0.2, 0) is 22.6 Å². The van der Waals surface area contributed by atoms with Gasteiger partial charge in [0, 0.05) is 8.59 Å². The summed E-state index contributed by atoms with van der Waals surface area (Å²) in [5.41, 5.74) is -0.109. The molecule has 6 nitrogen and oxygen atoms in total. The van der Waals surface area contributed by atoms with E-state index in [2.05, 4.69) is 22.6 Å². The molecule has 0 N–H and O–H groups in total. The van der Waals surface area contributed by atoms with Crippen molar-refractivity contribution < 1.29 is 9.53 Å². The predicted octanol–water partition coefficient (Wildman–Crippen LogP) is 3.69. The first-order valence-corrected chi connectivity index (χ1v) is 10.2. The molecule has 0 saturated heterocycles. The number of esters is 1. The normalized spacial score (nSPS) is 11.0. The fraction of sp³-hybridized carbons (Fsp3) is 0.211. The van der Waals surface area contributed by atoms with Gasteiger partial charge < -0.3 is 4.74 Å². The third-order valence-corrected chi connectivity index (χ3v) is 5.91. The highest BCUT2D eigenvalue weighted by Gasteiger charge is 2.17. The summed E-state index contributed by atoms with van der Waals surface area (Å²) >= 11 is 14.3. The summed E-state index contributed by atoms with van der Waals surface area (Å²) < 4.78 is 8.10. The van der Waals surface area contributed by atoms with Crippen molar-refractivity contribution in [2.24, 2.45) is 0 Å². The highest BCUT2D eigenvalue weighted by Crippen LogP contribution is 2.20. The van der Waals surface area contributed by atoms with Crippen molar-refractivity contribution in [3.63, 3.8) is 0 Å². The van der Waals surface area contributed by atoms with Crippen LogP contribution < -0.4 is 11.2 Å². The first-order valence-electron chi connectivity index (χ1n) is 8.34. The maximum atomic E-state index is 13.1. The molecular weight excluding hydrogens is 518 g/mol. The predicted molar refractivity (Wildman–Crippen MR) is 117 cm³/mol. The van der Waals surface area contributed by atoms with E-state index in [4.69, 9.17) is 27.9 Å². The number of halogens is 3. The van der Waals surface area contributed by atoms with Crippen LogP contribution in [0.3, 0.4) is 0 Å². The minimum Gasteiger partial charge on any atom is -0.465 e. The van der Waals surface area contributed by atoms with E-state index in [-0.39, 0.29) is 30.6 Å². The van der Waals surface area contributed by atoms with E-state index in [1.165, 1.54) is 10.6 Å². The van der Waals surface area contributed by atoms with Crippen molar-refractivity contribution in [2.45, 2.75) is 20.0 Å². The van der Waals surface area contributed by atoms with Crippen molar-refractivity contribution in [3.8, 4) is 0 Å². The van der Waals surface area contributed by atoms with E-state index in [9.17, 15) is 14.4 Å². The molecular formula is C19H15Cl2IN2O4. The zero-order valence-corrected chi connectivity index (χ0v) is 18.4. The maximum absolute atomic E-state index is 13.1. The Morgan fingerprint density at radius 1 is 1.11 bits per heavy atom. The molecule has 28 heavy (non-hydrogen) atoms. The van der Waals surface area contributed by atoms with E-state index in [1.54, 1.807) is 37.3 Å². The van der Waals surface area contributed by atoms with Crippen LogP contribution in [0, 0.1) is 3.57 Å². The Morgan fingerprint density at radius 3 is 2.54 bits per heavy atom. The summed E-state index contributed by atoms with van der Waals surface area (Å²) in [5.74, 6) is -0.576. The third kappa shape index (κ3) is 4.26. The Balaban J connectivity index is 2.21. The highest BCUT2D eigenvalue weighted by atomic mass is 127. The molecule has 0 amide bonds. The molecule has 0 spiro atoms. The van der Waals surface area contributed by atoms with Crippen molar-refractivity contribution in [2.75, 3.05) is 6.61 Å². The van der Waals surface area contributed by atoms with Crippen LogP contribution in [0.1, 0.15) is 12.5 Å². The summed E-state index contributed by atoms with van der Waals surface area (Å²) in [6, 6.07) is 9.90. The fourth-order valence-electron chi connectivity index (χ4n) is 2.84. The molecule has 1 aromatic heterocycles. The molecule has 2 aromatic carbocycles. The number of hydrogen-bond donors (Lipinski definition) is 0. The zero-order chi connectivity index (χ0) is 20.4. The van der Waals surface area contributed by atoms with Crippen LogP contribution in [0.5, 0.6) is 0 Å². The monoisotopic (exact) mass is 532 g/mol. The number of aromatic nitrogens is 2. The van der Waals surface area contributed by atoms with E-state index in [0.29, 0.717) is 15.6 Å². The first kappa shape index (κ1) is 20.9. The van der Waals surface area contributed by atoms with Crippen LogP contribution in [0.15, 0.2) is 46.0 Å². The third-order valence-electron chi connectivity index (χ3n) is 4.11. The molecule has 3 aromatic rings. The fourth-order valence-corrected chi connectivity index (χ4v) is 3.54. The molecule has 0 unspecified atom stereocenters. The summed E-state index contributed by atoms with van der Waals surface area (Å²) in [6.45, 7) is 1.57. The van der Waals surface area contributed by atoms with Gasteiger partial charge in [-0.1, -0.05) is 29.3 Å². The average molecular weight is 533 g/mol. The van der Waals surface area contributed by atoms with Gasteiger partial charge in [-0.3, -0.25) is 18.7 Å². The summed E-state index contributed by atoms with van der Waals surface area (Å²) in [7, 11) is 0. The number of ether oxygens (including phenoxy) is 1. The lowest BCUT2D eigenvalue weighted by atomic mass is 10.2. The molecule has 3 rings (SSSR count). The molecule has 146 valence electrons. The van der Waals surface area contributed by atoms with Gasteiger partial charge in [-0.05, 0) is 65.4 Å².